The lowest BCUT2D eigenvalue weighted by Gasteiger charge is -2.38. The van der Waals surface area contributed by atoms with E-state index in [0.29, 0.717) is 0 Å². The van der Waals surface area contributed by atoms with Gasteiger partial charge in [-0.25, -0.2) is 0 Å². The van der Waals surface area contributed by atoms with Crippen LogP contribution in [0, 0.1) is 11.3 Å². The summed E-state index contributed by atoms with van der Waals surface area (Å²) >= 11 is 0. The van der Waals surface area contributed by atoms with Gasteiger partial charge in [0.15, 0.2) is 5.79 Å². The zero-order chi connectivity index (χ0) is 21.1. The predicted molar refractivity (Wildman–Crippen MR) is 121 cm³/mol. The third-order valence-electron chi connectivity index (χ3n) is 6.58. The van der Waals surface area contributed by atoms with Crippen molar-refractivity contribution in [3.63, 3.8) is 0 Å². The smallest absolute Gasteiger partial charge is 0.183 e. The maximum Gasteiger partial charge on any atom is 0.183 e. The van der Waals surface area contributed by atoms with Crippen LogP contribution in [0.1, 0.15) is 58.1 Å². The van der Waals surface area contributed by atoms with Crippen LogP contribution >= 0.6 is 0 Å². The number of aliphatic hydroxyl groups is 2. The van der Waals surface area contributed by atoms with E-state index in [1.165, 1.54) is 5.57 Å². The third-order valence-corrected chi connectivity index (χ3v) is 6.58. The van der Waals surface area contributed by atoms with Crippen LogP contribution in [0.2, 0.25) is 0 Å². The molecule has 2 aromatic rings. The molecule has 2 N–H and O–H groups in total. The van der Waals surface area contributed by atoms with Gasteiger partial charge in [0.1, 0.15) is 0 Å². The fourth-order valence-electron chi connectivity index (χ4n) is 4.80. The summed E-state index contributed by atoms with van der Waals surface area (Å²) in [6.07, 6.45) is 8.25. The van der Waals surface area contributed by atoms with Gasteiger partial charge in [0, 0.05) is 17.8 Å². The molecule has 29 heavy (non-hydrogen) atoms. The van der Waals surface area contributed by atoms with E-state index in [9.17, 15) is 10.2 Å². The molecule has 1 aliphatic rings. The Labute approximate surface area is 175 Å². The molecule has 0 amide bonds. The average molecular weight is 391 g/mol. The van der Waals surface area contributed by atoms with Crippen LogP contribution in [0.25, 0.3) is 0 Å². The van der Waals surface area contributed by atoms with E-state index in [-0.39, 0.29) is 17.8 Å². The van der Waals surface area contributed by atoms with Crippen molar-refractivity contribution in [1.29, 1.82) is 0 Å². The molecule has 2 aromatic carbocycles. The van der Waals surface area contributed by atoms with Crippen molar-refractivity contribution < 1.29 is 10.2 Å². The highest BCUT2D eigenvalue weighted by Crippen LogP contribution is 2.43. The van der Waals surface area contributed by atoms with Crippen LogP contribution in [-0.4, -0.2) is 16.0 Å². The van der Waals surface area contributed by atoms with Crippen molar-refractivity contribution in [2.75, 3.05) is 0 Å². The van der Waals surface area contributed by atoms with Gasteiger partial charge < -0.3 is 10.2 Å². The molecule has 0 saturated heterocycles. The quantitative estimate of drug-likeness (QED) is 0.469. The Kier molecular flexibility index (Phi) is 6.16. The summed E-state index contributed by atoms with van der Waals surface area (Å²) in [4.78, 5) is 0. The van der Waals surface area contributed by atoms with Crippen LogP contribution < -0.4 is 0 Å². The Hall–Kier alpha value is -2.16. The molecule has 0 bridgehead atoms. The first kappa shape index (κ1) is 21.5. The summed E-state index contributed by atoms with van der Waals surface area (Å²) in [6.45, 7) is 8.74. The van der Waals surface area contributed by atoms with Crippen LogP contribution in [0.3, 0.4) is 0 Å². The first-order valence-corrected chi connectivity index (χ1v) is 10.6. The van der Waals surface area contributed by atoms with Gasteiger partial charge in [-0.2, -0.15) is 0 Å². The molecule has 0 spiro atoms. The lowest BCUT2D eigenvalue weighted by Crippen LogP contribution is -2.38. The molecular formula is C27H34O2. The molecule has 0 heterocycles. The first-order valence-electron chi connectivity index (χ1n) is 10.6. The Morgan fingerprint density at radius 1 is 0.966 bits per heavy atom. The van der Waals surface area contributed by atoms with Crippen LogP contribution in [0.15, 0.2) is 84.5 Å². The van der Waals surface area contributed by atoms with Crippen molar-refractivity contribution in [1.82, 2.24) is 0 Å². The standard InChI is InChI=1S/C27H34O2/c1-21-12-11-18-25(2,3)24(21)17-19-27(28,29)20-26(4,22-13-7-5-8-14-22)23-15-9-6-10-16-23/h5-10,12-17,19,24,28-29H,11,18,20H2,1-4H3. The van der Waals surface area contributed by atoms with E-state index in [0.717, 1.165) is 24.0 Å². The van der Waals surface area contributed by atoms with Crippen molar-refractivity contribution >= 4 is 0 Å². The molecule has 0 saturated carbocycles. The number of benzene rings is 2. The largest absolute Gasteiger partial charge is 0.362 e. The van der Waals surface area contributed by atoms with Crippen molar-refractivity contribution in [2.24, 2.45) is 11.3 Å². The van der Waals surface area contributed by atoms with Gasteiger partial charge in [0.25, 0.3) is 0 Å². The molecule has 0 fully saturated rings. The van der Waals surface area contributed by atoms with Gasteiger partial charge in [-0.3, -0.25) is 0 Å². The molecule has 3 rings (SSSR count). The van der Waals surface area contributed by atoms with Crippen LogP contribution in [0.4, 0.5) is 0 Å². The van der Waals surface area contributed by atoms with Gasteiger partial charge in [-0.1, -0.05) is 99.2 Å². The van der Waals surface area contributed by atoms with E-state index >= 15 is 0 Å². The van der Waals surface area contributed by atoms with Gasteiger partial charge in [-0.15, -0.1) is 0 Å². The van der Waals surface area contributed by atoms with Gasteiger partial charge in [0.2, 0.25) is 0 Å². The lowest BCUT2D eigenvalue weighted by atomic mass is 9.68. The topological polar surface area (TPSA) is 40.5 Å². The van der Waals surface area contributed by atoms with E-state index < -0.39 is 11.2 Å². The summed E-state index contributed by atoms with van der Waals surface area (Å²) in [7, 11) is 0. The zero-order valence-electron chi connectivity index (χ0n) is 18.1. The Morgan fingerprint density at radius 2 is 1.48 bits per heavy atom. The van der Waals surface area contributed by atoms with Gasteiger partial charge >= 0.3 is 0 Å². The second-order valence-electron chi connectivity index (χ2n) is 9.43. The SMILES string of the molecule is CC1=CCCC(C)(C)C1C=CC(O)(O)CC(C)(c1ccccc1)c1ccccc1. The number of hydrogen-bond donors (Lipinski definition) is 2. The minimum Gasteiger partial charge on any atom is -0.362 e. The fraction of sp³-hybridized carbons (Fsp3) is 0.407. The highest BCUT2D eigenvalue weighted by Gasteiger charge is 2.38. The molecule has 2 nitrogen and oxygen atoms in total. The second kappa shape index (κ2) is 8.30. The molecule has 1 aliphatic carbocycles. The Balaban J connectivity index is 1.93. The van der Waals surface area contributed by atoms with Crippen molar-refractivity contribution in [2.45, 2.75) is 58.2 Å². The summed E-state index contributed by atoms with van der Waals surface area (Å²) < 4.78 is 0. The number of hydrogen-bond acceptors (Lipinski definition) is 2. The predicted octanol–water partition coefficient (Wildman–Crippen LogP) is 6.00. The third kappa shape index (κ3) is 4.88. The summed E-state index contributed by atoms with van der Waals surface area (Å²) in [5.74, 6) is -1.69. The minimum atomic E-state index is -1.91. The molecule has 0 aliphatic heterocycles. The monoisotopic (exact) mass is 390 g/mol. The fourth-order valence-corrected chi connectivity index (χ4v) is 4.80. The van der Waals surface area contributed by atoms with E-state index in [1.54, 1.807) is 6.08 Å². The highest BCUT2D eigenvalue weighted by atomic mass is 16.5. The van der Waals surface area contributed by atoms with Crippen molar-refractivity contribution in [3.05, 3.63) is 95.6 Å². The van der Waals surface area contributed by atoms with Crippen molar-refractivity contribution in [3.8, 4) is 0 Å². The lowest BCUT2D eigenvalue weighted by molar-refractivity contribution is -0.132. The van der Waals surface area contributed by atoms with E-state index in [2.05, 4.69) is 58.0 Å². The van der Waals surface area contributed by atoms with E-state index in [4.69, 9.17) is 0 Å². The second-order valence-corrected chi connectivity index (χ2v) is 9.43. The minimum absolute atomic E-state index is 0.119. The summed E-state index contributed by atoms with van der Waals surface area (Å²) in [5, 5.41) is 22.0. The molecule has 2 heteroatoms. The summed E-state index contributed by atoms with van der Waals surface area (Å²) in [5.41, 5.74) is 3.04. The van der Waals surface area contributed by atoms with E-state index in [1.807, 2.05) is 42.5 Å². The maximum atomic E-state index is 11.0. The zero-order valence-corrected chi connectivity index (χ0v) is 18.1. The van der Waals surface area contributed by atoms with Gasteiger partial charge in [-0.05, 0) is 42.4 Å². The molecular weight excluding hydrogens is 356 g/mol. The molecule has 0 aromatic heterocycles. The Bertz CT molecular complexity index is 820. The highest BCUT2D eigenvalue weighted by molar-refractivity contribution is 5.39. The molecule has 1 unspecified atom stereocenters. The first-order chi connectivity index (χ1) is 13.6. The summed E-state index contributed by atoms with van der Waals surface area (Å²) in [6, 6.07) is 20.2. The normalized spacial score (nSPS) is 19.9. The maximum absolute atomic E-state index is 11.0. The average Bonchev–Trinajstić information content (AvgIpc) is 2.68. The molecule has 154 valence electrons. The molecule has 1 atom stereocenters. The van der Waals surface area contributed by atoms with Gasteiger partial charge in [0.05, 0.1) is 0 Å². The Morgan fingerprint density at radius 3 is 1.97 bits per heavy atom. The molecule has 0 radical (unpaired) electrons. The van der Waals surface area contributed by atoms with Crippen LogP contribution in [-0.2, 0) is 5.41 Å². The number of rotatable bonds is 6. The number of allylic oxidation sites excluding steroid dienone is 3. The van der Waals surface area contributed by atoms with Crippen LogP contribution in [0.5, 0.6) is 0 Å².